The summed E-state index contributed by atoms with van der Waals surface area (Å²) in [4.78, 5) is 4.75. The van der Waals surface area contributed by atoms with Crippen molar-refractivity contribution in [1.29, 1.82) is 0 Å². The second-order valence-corrected chi connectivity index (χ2v) is 5.61. The summed E-state index contributed by atoms with van der Waals surface area (Å²) in [6.07, 6.45) is 0. The van der Waals surface area contributed by atoms with Crippen molar-refractivity contribution in [2.45, 2.75) is 26.7 Å². The third-order valence-electron chi connectivity index (χ3n) is 3.72. The zero-order valence-corrected chi connectivity index (χ0v) is 12.2. The van der Waals surface area contributed by atoms with Crippen LogP contribution in [0.25, 0.3) is 22.0 Å². The summed E-state index contributed by atoms with van der Waals surface area (Å²) >= 11 is 0. The Bertz CT molecular complexity index is 739. The van der Waals surface area contributed by atoms with Crippen LogP contribution in [0, 0.1) is 6.92 Å². The van der Waals surface area contributed by atoms with Crippen LogP contribution in [0.2, 0.25) is 0 Å². The van der Waals surface area contributed by atoms with E-state index in [1.165, 1.54) is 21.9 Å². The number of hydrogen-bond donors (Lipinski definition) is 0. The van der Waals surface area contributed by atoms with Crippen molar-refractivity contribution in [3.63, 3.8) is 0 Å². The summed E-state index contributed by atoms with van der Waals surface area (Å²) in [6.45, 7) is 6.49. The van der Waals surface area contributed by atoms with Crippen LogP contribution in [0.1, 0.15) is 31.0 Å². The number of benzene rings is 2. The summed E-state index contributed by atoms with van der Waals surface area (Å²) in [6, 6.07) is 19.4. The highest BCUT2D eigenvalue weighted by atomic mass is 14.7. The van der Waals surface area contributed by atoms with Gasteiger partial charge in [-0.25, -0.2) is 0 Å². The molecule has 0 atom stereocenters. The van der Waals surface area contributed by atoms with Crippen LogP contribution in [0.4, 0.5) is 0 Å². The lowest BCUT2D eigenvalue weighted by molar-refractivity contribution is 0.867. The van der Waals surface area contributed by atoms with Crippen molar-refractivity contribution < 1.29 is 0 Å². The average Bonchev–Trinajstić information content (AvgIpc) is 2.46. The molecule has 0 aliphatic carbocycles. The molecule has 0 N–H and O–H groups in total. The van der Waals surface area contributed by atoms with Crippen molar-refractivity contribution >= 4 is 10.8 Å². The van der Waals surface area contributed by atoms with Gasteiger partial charge in [-0.05, 0) is 29.9 Å². The Morgan fingerprint density at radius 2 is 1.60 bits per heavy atom. The minimum absolute atomic E-state index is 0.561. The van der Waals surface area contributed by atoms with Gasteiger partial charge in [0, 0.05) is 16.6 Å². The lowest BCUT2D eigenvalue weighted by Crippen LogP contribution is -1.91. The second kappa shape index (κ2) is 5.09. The first-order valence-electron chi connectivity index (χ1n) is 7.12. The molecule has 0 aliphatic rings. The van der Waals surface area contributed by atoms with Crippen LogP contribution in [-0.4, -0.2) is 4.98 Å². The number of fused-ring (bicyclic) bond motifs is 1. The summed E-state index contributed by atoms with van der Waals surface area (Å²) in [7, 11) is 0. The lowest BCUT2D eigenvalue weighted by atomic mass is 9.98. The van der Waals surface area contributed by atoms with E-state index >= 15 is 0 Å². The van der Waals surface area contributed by atoms with Gasteiger partial charge in [-0.15, -0.1) is 0 Å². The van der Waals surface area contributed by atoms with Crippen LogP contribution < -0.4 is 0 Å². The largest absolute Gasteiger partial charge is 0.252 e. The number of aromatic nitrogens is 1. The van der Waals surface area contributed by atoms with Crippen LogP contribution in [0.3, 0.4) is 0 Å². The van der Waals surface area contributed by atoms with Gasteiger partial charge in [-0.3, -0.25) is 4.98 Å². The van der Waals surface area contributed by atoms with Gasteiger partial charge in [0.25, 0.3) is 0 Å². The van der Waals surface area contributed by atoms with Gasteiger partial charge in [0.2, 0.25) is 0 Å². The summed E-state index contributed by atoms with van der Waals surface area (Å²) in [5.74, 6) is 0.561. The molecule has 2 aromatic carbocycles. The normalized spacial score (nSPS) is 11.2. The van der Waals surface area contributed by atoms with Gasteiger partial charge in [-0.2, -0.15) is 0 Å². The Labute approximate surface area is 120 Å². The zero-order chi connectivity index (χ0) is 14.1. The number of nitrogens with zero attached hydrogens (tertiary/aromatic N) is 1. The van der Waals surface area contributed by atoms with E-state index < -0.39 is 0 Å². The minimum Gasteiger partial charge on any atom is -0.252 e. The molecule has 100 valence electrons. The zero-order valence-electron chi connectivity index (χ0n) is 12.2. The number of rotatable bonds is 2. The third-order valence-corrected chi connectivity index (χ3v) is 3.72. The maximum absolute atomic E-state index is 4.75. The molecular formula is C19H19N. The molecule has 0 aliphatic heterocycles. The molecule has 0 bridgehead atoms. The first-order chi connectivity index (χ1) is 9.65. The maximum atomic E-state index is 4.75. The molecule has 0 saturated heterocycles. The Balaban J connectivity index is 2.18. The molecule has 1 aromatic heterocycles. The van der Waals surface area contributed by atoms with Crippen molar-refractivity contribution in [2.24, 2.45) is 0 Å². The quantitative estimate of drug-likeness (QED) is 0.607. The predicted octanol–water partition coefficient (Wildman–Crippen LogP) is 5.33. The monoisotopic (exact) mass is 261 g/mol. The fourth-order valence-electron chi connectivity index (χ4n) is 2.58. The first-order valence-corrected chi connectivity index (χ1v) is 7.12. The van der Waals surface area contributed by atoms with Crippen molar-refractivity contribution in [3.8, 4) is 11.3 Å². The molecule has 3 rings (SSSR count). The molecule has 0 saturated carbocycles. The predicted molar refractivity (Wildman–Crippen MR) is 86.0 cm³/mol. The molecule has 3 aromatic rings. The van der Waals surface area contributed by atoms with E-state index in [1.54, 1.807) is 0 Å². The van der Waals surface area contributed by atoms with Crippen LogP contribution in [-0.2, 0) is 0 Å². The van der Waals surface area contributed by atoms with Crippen molar-refractivity contribution in [2.75, 3.05) is 0 Å². The maximum Gasteiger partial charge on any atom is 0.0783 e. The molecule has 0 unspecified atom stereocenters. The van der Waals surface area contributed by atoms with Crippen LogP contribution in [0.5, 0.6) is 0 Å². The minimum atomic E-state index is 0.561. The summed E-state index contributed by atoms with van der Waals surface area (Å²) in [5, 5.41) is 2.47. The van der Waals surface area contributed by atoms with Gasteiger partial charge >= 0.3 is 0 Å². The highest BCUT2D eigenvalue weighted by Crippen LogP contribution is 2.28. The Morgan fingerprint density at radius 3 is 2.30 bits per heavy atom. The van der Waals surface area contributed by atoms with Crippen LogP contribution in [0.15, 0.2) is 54.6 Å². The van der Waals surface area contributed by atoms with E-state index in [1.807, 2.05) is 0 Å². The number of pyridine rings is 1. The topological polar surface area (TPSA) is 12.9 Å². The molecule has 1 heterocycles. The molecule has 20 heavy (non-hydrogen) atoms. The first kappa shape index (κ1) is 12.9. The highest BCUT2D eigenvalue weighted by molar-refractivity contribution is 5.94. The van der Waals surface area contributed by atoms with Crippen molar-refractivity contribution in [1.82, 2.24) is 4.98 Å². The van der Waals surface area contributed by atoms with Gasteiger partial charge in [0.15, 0.2) is 0 Å². The lowest BCUT2D eigenvalue weighted by Gasteiger charge is -2.10. The van der Waals surface area contributed by atoms with E-state index in [4.69, 9.17) is 4.98 Å². The van der Waals surface area contributed by atoms with Gasteiger partial charge in [-0.1, -0.05) is 62.4 Å². The smallest absolute Gasteiger partial charge is 0.0783 e. The number of hydrogen-bond acceptors (Lipinski definition) is 1. The average molecular weight is 261 g/mol. The Kier molecular flexibility index (Phi) is 3.27. The molecule has 0 radical (unpaired) electrons. The van der Waals surface area contributed by atoms with Crippen molar-refractivity contribution in [3.05, 3.63) is 65.9 Å². The third kappa shape index (κ3) is 2.32. The fraction of sp³-hybridized carbons (Fsp3) is 0.211. The van der Waals surface area contributed by atoms with E-state index in [9.17, 15) is 0 Å². The molecule has 1 nitrogen and oxygen atoms in total. The Morgan fingerprint density at radius 1 is 0.900 bits per heavy atom. The van der Waals surface area contributed by atoms with E-state index in [0.717, 1.165) is 11.4 Å². The van der Waals surface area contributed by atoms with E-state index in [0.29, 0.717) is 5.92 Å². The SMILES string of the molecule is Cc1cc2ccccc2c(-c2ccc(C(C)C)cc2)n1. The second-order valence-electron chi connectivity index (χ2n) is 5.61. The molecule has 0 fully saturated rings. The summed E-state index contributed by atoms with van der Waals surface area (Å²) < 4.78 is 0. The van der Waals surface area contributed by atoms with Gasteiger partial charge in [0.05, 0.1) is 5.69 Å². The molecule has 0 spiro atoms. The number of aryl methyl sites for hydroxylation is 1. The van der Waals surface area contributed by atoms with E-state index in [-0.39, 0.29) is 0 Å². The van der Waals surface area contributed by atoms with Crippen LogP contribution >= 0.6 is 0 Å². The highest BCUT2D eigenvalue weighted by Gasteiger charge is 2.07. The fourth-order valence-corrected chi connectivity index (χ4v) is 2.58. The molecule has 0 amide bonds. The Hall–Kier alpha value is -2.15. The standard InChI is InChI=1S/C19H19N/c1-13(2)15-8-10-16(11-9-15)19-18-7-5-4-6-17(18)12-14(3)20-19/h4-13H,1-3H3. The summed E-state index contributed by atoms with van der Waals surface area (Å²) in [5.41, 5.74) is 4.70. The molecular weight excluding hydrogens is 242 g/mol. The van der Waals surface area contributed by atoms with Gasteiger partial charge < -0.3 is 0 Å². The van der Waals surface area contributed by atoms with Gasteiger partial charge in [0.1, 0.15) is 0 Å². The van der Waals surface area contributed by atoms with E-state index in [2.05, 4.69) is 75.4 Å². The molecule has 1 heteroatoms.